The molecule has 16 nitrogen and oxygen atoms in total. The van der Waals surface area contributed by atoms with Crippen LogP contribution in [0.4, 0.5) is 0 Å². The number of fused-ring (bicyclic) bond motifs is 9. The second kappa shape index (κ2) is 17.1. The van der Waals surface area contributed by atoms with E-state index in [1.165, 1.54) is 51.1 Å². The lowest BCUT2D eigenvalue weighted by Crippen LogP contribution is -2.67. The Kier molecular flexibility index (Phi) is 12.7. The number of piperidine rings is 1. The van der Waals surface area contributed by atoms with Crippen LogP contribution in [0.2, 0.25) is 0 Å². The predicted molar refractivity (Wildman–Crippen MR) is 215 cm³/mol. The third kappa shape index (κ3) is 7.42. The fraction of sp³-hybridized carbons (Fsp3) is 0.956. The Morgan fingerprint density at radius 3 is 2.05 bits per heavy atom. The normalized spacial score (nSPS) is 57.3. The average Bonchev–Trinajstić information content (AvgIpc) is 3.71. The number of rotatable bonds is 8. The van der Waals surface area contributed by atoms with Gasteiger partial charge in [-0.3, -0.25) is 4.90 Å². The largest absolute Gasteiger partial charge is 0.394 e. The van der Waals surface area contributed by atoms with Crippen LogP contribution in [0.3, 0.4) is 0 Å². The summed E-state index contributed by atoms with van der Waals surface area (Å²) in [5.41, 5.74) is 1.72. The molecule has 348 valence electrons. The molecule has 3 saturated carbocycles. The van der Waals surface area contributed by atoms with Crippen molar-refractivity contribution in [1.82, 2.24) is 4.90 Å². The molecule has 61 heavy (non-hydrogen) atoms. The van der Waals surface area contributed by atoms with Crippen LogP contribution in [-0.2, 0) is 28.4 Å². The van der Waals surface area contributed by atoms with E-state index in [0.29, 0.717) is 42.1 Å². The summed E-state index contributed by atoms with van der Waals surface area (Å²) in [5, 5.41) is 95.8. The van der Waals surface area contributed by atoms with Gasteiger partial charge >= 0.3 is 0 Å². The molecular formula is C45H73NO15. The molecule has 9 rings (SSSR count). The number of nitrogens with zero attached hydrogens (tertiary/aromatic N) is 1. The van der Waals surface area contributed by atoms with E-state index in [0.717, 1.165) is 36.6 Å². The highest BCUT2D eigenvalue weighted by atomic mass is 16.8. The second-order valence-corrected chi connectivity index (χ2v) is 21.2. The summed E-state index contributed by atoms with van der Waals surface area (Å²) in [6.07, 6.45) is -11.1. The van der Waals surface area contributed by atoms with Crippen molar-refractivity contribution in [1.29, 1.82) is 0 Å². The first-order valence-electron chi connectivity index (χ1n) is 23.4. The van der Waals surface area contributed by atoms with Crippen molar-refractivity contribution >= 4 is 0 Å². The van der Waals surface area contributed by atoms with Crippen LogP contribution in [-0.4, -0.2) is 181 Å². The van der Waals surface area contributed by atoms with Gasteiger partial charge in [-0.1, -0.05) is 39.3 Å². The Labute approximate surface area is 359 Å². The van der Waals surface area contributed by atoms with Gasteiger partial charge in [0.1, 0.15) is 67.1 Å². The van der Waals surface area contributed by atoms with Gasteiger partial charge in [-0.25, -0.2) is 0 Å². The van der Waals surface area contributed by atoms with Crippen LogP contribution < -0.4 is 0 Å². The average molecular weight is 868 g/mol. The van der Waals surface area contributed by atoms with Gasteiger partial charge < -0.3 is 74.4 Å². The molecule has 0 aromatic rings. The van der Waals surface area contributed by atoms with Gasteiger partial charge in [0.05, 0.1) is 25.4 Å². The van der Waals surface area contributed by atoms with Crippen molar-refractivity contribution in [3.05, 3.63) is 11.6 Å². The Balaban J connectivity index is 0.952. The molecule has 4 aliphatic carbocycles. The number of aliphatic hydroxyl groups is 9. The SMILES string of the molecule is C[C@@H]1CC[C@H]2[C@H](C)[C@@H]3[C@@H](C[C@@H]4[C@H]5CC=C6C[C@@H](O[C@H]7O[C@@H](CO)[C@H](O)[C@@H](O[C@@H]8O[C@H](CO)[C@H](O)[C@@H](O)[C@@H]8O)[C@@H]7O[C@@H]7O[C@H](C)[C@@H](O)[C@H](O)[C@@H]7O)CC[C@@]6(C)[C@@H]5CC[C@@]34C)N2C1. The molecule has 5 aliphatic heterocycles. The fourth-order valence-corrected chi connectivity index (χ4v) is 14.7. The number of hydrogen-bond donors (Lipinski definition) is 9. The van der Waals surface area contributed by atoms with E-state index < -0.39 is 105 Å². The van der Waals surface area contributed by atoms with Crippen molar-refractivity contribution in [3.8, 4) is 0 Å². The molecule has 0 amide bonds. The molecule has 0 aromatic carbocycles. The fourth-order valence-electron chi connectivity index (χ4n) is 14.7. The van der Waals surface area contributed by atoms with Gasteiger partial charge in [-0.05, 0) is 111 Å². The predicted octanol–water partition coefficient (Wildman–Crippen LogP) is 0.155. The standard InChI is InChI=1S/C45H73NO15/c1-19-6-9-27-20(2)31-28(46(27)16-19)15-26-24-8-7-22-14-23(10-12-44(22,4)25(24)11-13-45(26,31)5)57-43-40(61-41-37(54)35(52)32(49)21(3)56-41)39(34(51)30(18-48)59-43)60-42-38(55)36(53)33(50)29(17-47)58-42/h7,19-21,23-43,47-55H,6,8-18H2,1-5H3/t19-,20+,21-,23+,24+,25-,26-,27+,28-,29-,30+,31-,32-,33+,34+,35+,36-,37+,38+,39-,40+,41+,42+,43+,44-,45-/m1/s1. The van der Waals surface area contributed by atoms with E-state index in [1.807, 2.05) is 0 Å². The van der Waals surface area contributed by atoms with Crippen LogP contribution in [0.5, 0.6) is 0 Å². The third-order valence-corrected chi connectivity index (χ3v) is 18.0. The Hall–Kier alpha value is -0.900. The summed E-state index contributed by atoms with van der Waals surface area (Å²) in [6, 6.07) is 1.43. The molecule has 9 aliphatic rings. The highest BCUT2D eigenvalue weighted by Crippen LogP contribution is 2.70. The minimum Gasteiger partial charge on any atom is -0.394 e. The molecular weight excluding hydrogens is 794 g/mol. The molecule has 5 saturated heterocycles. The highest BCUT2D eigenvalue weighted by molar-refractivity contribution is 5.27. The molecule has 26 atom stereocenters. The monoisotopic (exact) mass is 867 g/mol. The van der Waals surface area contributed by atoms with Crippen molar-refractivity contribution in [3.63, 3.8) is 0 Å². The lowest BCUT2D eigenvalue weighted by molar-refractivity contribution is -0.394. The number of hydrogen-bond acceptors (Lipinski definition) is 16. The van der Waals surface area contributed by atoms with Gasteiger partial charge in [0.2, 0.25) is 0 Å². The van der Waals surface area contributed by atoms with E-state index in [2.05, 4.69) is 38.7 Å². The maximum atomic E-state index is 11.6. The molecule has 5 heterocycles. The third-order valence-electron chi connectivity index (χ3n) is 18.0. The zero-order chi connectivity index (χ0) is 43.4. The van der Waals surface area contributed by atoms with E-state index in [4.69, 9.17) is 28.4 Å². The van der Waals surface area contributed by atoms with Crippen molar-refractivity contribution in [2.24, 2.45) is 46.3 Å². The molecule has 0 spiro atoms. The van der Waals surface area contributed by atoms with Gasteiger partial charge in [-0.15, -0.1) is 0 Å². The quantitative estimate of drug-likeness (QED) is 0.148. The maximum absolute atomic E-state index is 11.6. The number of ether oxygens (including phenoxy) is 6. The topological polar surface area (TPSA) is 241 Å². The van der Waals surface area contributed by atoms with E-state index in [9.17, 15) is 46.0 Å². The van der Waals surface area contributed by atoms with Crippen LogP contribution in [0, 0.1) is 46.3 Å². The van der Waals surface area contributed by atoms with E-state index in [-0.39, 0.29) is 11.5 Å². The first-order chi connectivity index (χ1) is 29.0. The summed E-state index contributed by atoms with van der Waals surface area (Å²) in [5.74, 6) is 4.15. The van der Waals surface area contributed by atoms with Gasteiger partial charge in [-0.2, -0.15) is 0 Å². The molecule has 16 heteroatoms. The lowest BCUT2D eigenvalue weighted by Gasteiger charge is -2.58. The van der Waals surface area contributed by atoms with Gasteiger partial charge in [0.15, 0.2) is 18.9 Å². The number of aliphatic hydroxyl groups excluding tert-OH is 9. The van der Waals surface area contributed by atoms with Crippen molar-refractivity contribution in [2.45, 2.75) is 203 Å². The van der Waals surface area contributed by atoms with Gasteiger partial charge in [0, 0.05) is 18.6 Å². The molecule has 0 bridgehead atoms. The smallest absolute Gasteiger partial charge is 0.187 e. The maximum Gasteiger partial charge on any atom is 0.187 e. The zero-order valence-electron chi connectivity index (χ0n) is 36.3. The molecule has 9 N–H and O–H groups in total. The highest BCUT2D eigenvalue weighted by Gasteiger charge is 2.66. The Bertz CT molecular complexity index is 1590. The second-order valence-electron chi connectivity index (χ2n) is 21.2. The van der Waals surface area contributed by atoms with Crippen LogP contribution >= 0.6 is 0 Å². The van der Waals surface area contributed by atoms with Crippen molar-refractivity contribution in [2.75, 3.05) is 19.8 Å². The number of allylic oxidation sites excluding steroid dienone is 1. The minimum absolute atomic E-state index is 0.00462. The summed E-state index contributed by atoms with van der Waals surface area (Å²) >= 11 is 0. The molecule has 0 aromatic heterocycles. The molecule has 0 unspecified atom stereocenters. The lowest BCUT2D eigenvalue weighted by atomic mass is 9.47. The van der Waals surface area contributed by atoms with Crippen LogP contribution in [0.1, 0.15) is 92.4 Å². The summed E-state index contributed by atoms with van der Waals surface area (Å²) in [4.78, 5) is 2.94. The van der Waals surface area contributed by atoms with Gasteiger partial charge in [0.25, 0.3) is 0 Å². The summed E-state index contributed by atoms with van der Waals surface area (Å²) in [7, 11) is 0. The van der Waals surface area contributed by atoms with Crippen molar-refractivity contribution < 1.29 is 74.4 Å². The molecule has 0 radical (unpaired) electrons. The Morgan fingerprint density at radius 1 is 0.672 bits per heavy atom. The summed E-state index contributed by atoms with van der Waals surface area (Å²) < 4.78 is 36.8. The zero-order valence-corrected chi connectivity index (χ0v) is 36.3. The van der Waals surface area contributed by atoms with Crippen LogP contribution in [0.15, 0.2) is 11.6 Å². The van der Waals surface area contributed by atoms with E-state index in [1.54, 1.807) is 0 Å². The first-order valence-corrected chi connectivity index (χ1v) is 23.4. The summed E-state index contributed by atoms with van der Waals surface area (Å²) in [6.45, 7) is 11.4. The molecule has 8 fully saturated rings. The minimum atomic E-state index is -1.83. The van der Waals surface area contributed by atoms with Crippen LogP contribution in [0.25, 0.3) is 0 Å². The van der Waals surface area contributed by atoms with E-state index >= 15 is 0 Å². The first kappa shape index (κ1) is 45.3. The Morgan fingerprint density at radius 2 is 1.33 bits per heavy atom.